The van der Waals surface area contributed by atoms with E-state index in [2.05, 4.69) is 61.8 Å². The van der Waals surface area contributed by atoms with E-state index in [1.807, 2.05) is 30.9 Å². The summed E-state index contributed by atoms with van der Waals surface area (Å²) in [6, 6.07) is 12.3. The highest BCUT2D eigenvalue weighted by Gasteiger charge is 2.31. The topological polar surface area (TPSA) is 36.0 Å². The van der Waals surface area contributed by atoms with Crippen molar-refractivity contribution in [1.29, 1.82) is 0 Å². The molecule has 156 valence electrons. The molecule has 1 heterocycles. The summed E-state index contributed by atoms with van der Waals surface area (Å²) in [5.74, 6) is 1.42. The zero-order chi connectivity index (χ0) is 21.1. The number of rotatable bonds is 7. The van der Waals surface area contributed by atoms with Crippen LogP contribution in [0.1, 0.15) is 41.5 Å². The molecule has 0 aliphatic carbocycles. The molecular weight excluding hydrogens is 362 g/mol. The molecule has 0 atom stereocenters. The third-order valence-electron chi connectivity index (χ3n) is 5.56. The number of nitrogens with zero attached hydrogens (tertiary/aromatic N) is 3. The Morgan fingerprint density at radius 2 is 1.24 bits per heavy atom. The van der Waals surface area contributed by atoms with E-state index in [1.54, 1.807) is 0 Å². The van der Waals surface area contributed by atoms with Gasteiger partial charge in [0.1, 0.15) is 0 Å². The van der Waals surface area contributed by atoms with E-state index in [-0.39, 0.29) is 11.8 Å². The lowest BCUT2D eigenvalue weighted by Gasteiger charge is -2.34. The molecule has 1 aliphatic rings. The minimum absolute atomic E-state index is 0.0713. The van der Waals surface area contributed by atoms with Gasteiger partial charge in [-0.05, 0) is 52.0 Å². The molecule has 0 unspecified atom stereocenters. The molecule has 1 amide bonds. The average molecular weight is 396 g/mol. The summed E-state index contributed by atoms with van der Waals surface area (Å²) in [5, 5.41) is 0. The van der Waals surface area contributed by atoms with E-state index in [0.717, 1.165) is 60.4 Å². The van der Waals surface area contributed by atoms with Crippen LogP contribution in [0.25, 0.3) is 0 Å². The van der Waals surface area contributed by atoms with Crippen LogP contribution in [-0.2, 0) is 4.79 Å². The molecule has 29 heavy (non-hydrogen) atoms. The molecular formula is C24H33N3O2. The Balaban J connectivity index is 2.12. The van der Waals surface area contributed by atoms with E-state index in [0.29, 0.717) is 0 Å². The molecule has 3 rings (SSSR count). The lowest BCUT2D eigenvalue weighted by atomic mass is 10.1. The highest BCUT2D eigenvalue weighted by Crippen LogP contribution is 2.49. The van der Waals surface area contributed by atoms with Crippen LogP contribution in [0.3, 0.4) is 0 Å². The lowest BCUT2D eigenvalue weighted by Crippen LogP contribution is -2.32. The first-order chi connectivity index (χ1) is 13.9. The molecule has 0 fully saturated rings. The predicted molar refractivity (Wildman–Crippen MR) is 122 cm³/mol. The number of ether oxygens (including phenoxy) is 1. The molecule has 1 aliphatic heterocycles. The van der Waals surface area contributed by atoms with Crippen molar-refractivity contribution in [3.63, 3.8) is 0 Å². The van der Waals surface area contributed by atoms with Gasteiger partial charge in [0.2, 0.25) is 5.91 Å². The number of carbonyl (C=O) groups excluding carboxylic acids is 1. The number of hydrogen-bond donors (Lipinski definition) is 0. The SMILES string of the molecule is CCN(CC)c1ccc2c(c1)Oc1cc(N(CC)CC)ccc1N2C(=O)C(C)C. The molecule has 0 spiro atoms. The third-order valence-corrected chi connectivity index (χ3v) is 5.56. The summed E-state index contributed by atoms with van der Waals surface area (Å²) in [7, 11) is 0. The molecule has 0 saturated heterocycles. The second-order valence-corrected chi connectivity index (χ2v) is 7.58. The predicted octanol–water partition coefficient (Wildman–Crippen LogP) is 5.81. The van der Waals surface area contributed by atoms with Crippen LogP contribution in [0.5, 0.6) is 11.5 Å². The van der Waals surface area contributed by atoms with Gasteiger partial charge in [-0.2, -0.15) is 0 Å². The zero-order valence-corrected chi connectivity index (χ0v) is 18.5. The van der Waals surface area contributed by atoms with Gasteiger partial charge in [-0.25, -0.2) is 0 Å². The molecule has 0 radical (unpaired) electrons. The van der Waals surface area contributed by atoms with Crippen molar-refractivity contribution in [3.05, 3.63) is 36.4 Å². The van der Waals surface area contributed by atoms with Crippen LogP contribution in [0.2, 0.25) is 0 Å². The maximum absolute atomic E-state index is 13.1. The van der Waals surface area contributed by atoms with Crippen LogP contribution in [0, 0.1) is 5.92 Å². The summed E-state index contributed by atoms with van der Waals surface area (Å²) in [5.41, 5.74) is 3.83. The fourth-order valence-corrected chi connectivity index (χ4v) is 3.85. The van der Waals surface area contributed by atoms with E-state index in [1.165, 1.54) is 0 Å². The Hall–Kier alpha value is -2.69. The number of anilines is 4. The van der Waals surface area contributed by atoms with E-state index < -0.39 is 0 Å². The van der Waals surface area contributed by atoms with Crippen molar-refractivity contribution in [1.82, 2.24) is 0 Å². The standard InChI is InChI=1S/C24H33N3O2/c1-7-25(8-2)18-11-13-20-22(15-18)29-23-16-19(26(9-3)10-4)12-14-21(23)27(20)24(28)17(5)6/h11-17H,7-10H2,1-6H3. The summed E-state index contributed by atoms with van der Waals surface area (Å²) in [6.45, 7) is 16.1. The zero-order valence-electron chi connectivity index (χ0n) is 18.5. The van der Waals surface area contributed by atoms with E-state index >= 15 is 0 Å². The van der Waals surface area contributed by atoms with Gasteiger partial charge in [-0.3, -0.25) is 9.69 Å². The lowest BCUT2D eigenvalue weighted by molar-refractivity contribution is -0.120. The van der Waals surface area contributed by atoms with Gasteiger partial charge in [-0.15, -0.1) is 0 Å². The molecule has 0 saturated carbocycles. The summed E-state index contributed by atoms with van der Waals surface area (Å²) < 4.78 is 6.35. The molecule has 2 aromatic carbocycles. The van der Waals surface area contributed by atoms with Gasteiger partial charge >= 0.3 is 0 Å². The van der Waals surface area contributed by atoms with E-state index in [9.17, 15) is 4.79 Å². The Morgan fingerprint density at radius 1 is 0.828 bits per heavy atom. The summed E-state index contributed by atoms with van der Waals surface area (Å²) >= 11 is 0. The maximum Gasteiger partial charge on any atom is 0.234 e. The van der Waals surface area contributed by atoms with E-state index in [4.69, 9.17) is 4.74 Å². The largest absolute Gasteiger partial charge is 0.453 e. The van der Waals surface area contributed by atoms with Crippen molar-refractivity contribution in [3.8, 4) is 11.5 Å². The highest BCUT2D eigenvalue weighted by atomic mass is 16.5. The van der Waals surface area contributed by atoms with Gasteiger partial charge in [0.15, 0.2) is 11.5 Å². The summed E-state index contributed by atoms with van der Waals surface area (Å²) in [4.78, 5) is 19.5. The van der Waals surface area contributed by atoms with Gasteiger partial charge < -0.3 is 14.5 Å². The molecule has 5 heteroatoms. The average Bonchev–Trinajstić information content (AvgIpc) is 2.73. The van der Waals surface area contributed by atoms with Gasteiger partial charge in [0.05, 0.1) is 11.4 Å². The number of hydrogen-bond acceptors (Lipinski definition) is 4. The van der Waals surface area contributed by atoms with Crippen molar-refractivity contribution in [2.75, 3.05) is 40.9 Å². The van der Waals surface area contributed by atoms with Gasteiger partial charge in [0, 0.05) is 55.6 Å². The van der Waals surface area contributed by atoms with Crippen molar-refractivity contribution < 1.29 is 9.53 Å². The van der Waals surface area contributed by atoms with Crippen molar-refractivity contribution in [2.24, 2.45) is 5.92 Å². The minimum Gasteiger partial charge on any atom is -0.453 e. The molecule has 0 aromatic heterocycles. The number of benzene rings is 2. The molecule has 5 nitrogen and oxygen atoms in total. The first kappa shape index (κ1) is 21.0. The fraction of sp³-hybridized carbons (Fsp3) is 0.458. The Morgan fingerprint density at radius 3 is 1.59 bits per heavy atom. The Bertz CT molecular complexity index is 809. The number of amides is 1. The van der Waals surface area contributed by atoms with Crippen molar-refractivity contribution in [2.45, 2.75) is 41.5 Å². The fourth-order valence-electron chi connectivity index (χ4n) is 3.85. The third kappa shape index (κ3) is 3.91. The van der Waals surface area contributed by atoms with Gasteiger partial charge in [0.25, 0.3) is 0 Å². The smallest absolute Gasteiger partial charge is 0.234 e. The molecule has 0 bridgehead atoms. The number of carbonyl (C=O) groups is 1. The number of fused-ring (bicyclic) bond motifs is 2. The monoisotopic (exact) mass is 395 g/mol. The summed E-state index contributed by atoms with van der Waals surface area (Å²) in [6.07, 6.45) is 0. The van der Waals surface area contributed by atoms with Crippen LogP contribution in [-0.4, -0.2) is 32.1 Å². The Kier molecular flexibility index (Phi) is 6.36. The normalized spacial score (nSPS) is 12.3. The maximum atomic E-state index is 13.1. The highest BCUT2D eigenvalue weighted by molar-refractivity contribution is 6.05. The first-order valence-electron chi connectivity index (χ1n) is 10.7. The van der Waals surface area contributed by atoms with Crippen LogP contribution >= 0.6 is 0 Å². The molecule has 2 aromatic rings. The van der Waals surface area contributed by atoms with Crippen LogP contribution in [0.4, 0.5) is 22.7 Å². The van der Waals surface area contributed by atoms with Crippen LogP contribution < -0.4 is 19.4 Å². The van der Waals surface area contributed by atoms with Crippen LogP contribution in [0.15, 0.2) is 36.4 Å². The van der Waals surface area contributed by atoms with Gasteiger partial charge in [-0.1, -0.05) is 13.8 Å². The van der Waals surface area contributed by atoms with Crippen molar-refractivity contribution >= 4 is 28.7 Å². The second-order valence-electron chi connectivity index (χ2n) is 7.58. The minimum atomic E-state index is -0.112. The molecule has 0 N–H and O–H groups in total. The quantitative estimate of drug-likeness (QED) is 0.593. The second kappa shape index (κ2) is 8.76. The Labute approximate surface area is 174 Å². The first-order valence-corrected chi connectivity index (χ1v) is 10.7.